The van der Waals surface area contributed by atoms with E-state index in [1.54, 1.807) is 0 Å². The van der Waals surface area contributed by atoms with E-state index in [-0.39, 0.29) is 6.04 Å². The SMILES string of the molecule is O=C(O)C1CCCN1C(c1cccc(Br)c1)c1ccc2ccccc2n1. The number of aromatic nitrogens is 1. The summed E-state index contributed by atoms with van der Waals surface area (Å²) < 4.78 is 0.979. The van der Waals surface area contributed by atoms with E-state index in [1.807, 2.05) is 48.5 Å². The fourth-order valence-electron chi connectivity index (χ4n) is 3.81. The maximum Gasteiger partial charge on any atom is 0.320 e. The van der Waals surface area contributed by atoms with E-state index in [2.05, 4.69) is 33.0 Å². The molecule has 132 valence electrons. The van der Waals surface area contributed by atoms with Crippen LogP contribution in [-0.2, 0) is 4.79 Å². The van der Waals surface area contributed by atoms with Gasteiger partial charge in [0.2, 0.25) is 0 Å². The first-order valence-corrected chi connectivity index (χ1v) is 9.52. The highest BCUT2D eigenvalue weighted by Crippen LogP contribution is 2.35. The van der Waals surface area contributed by atoms with Crippen LogP contribution < -0.4 is 0 Å². The summed E-state index contributed by atoms with van der Waals surface area (Å²) in [6.07, 6.45) is 1.56. The van der Waals surface area contributed by atoms with Gasteiger partial charge in [0.05, 0.1) is 17.3 Å². The Balaban J connectivity index is 1.85. The molecule has 1 fully saturated rings. The number of likely N-dealkylation sites (tertiary alicyclic amines) is 1. The Kier molecular flexibility index (Phi) is 4.74. The molecule has 1 aromatic heterocycles. The number of benzene rings is 2. The predicted octanol–water partition coefficient (Wildman–Crippen LogP) is 4.64. The van der Waals surface area contributed by atoms with E-state index in [9.17, 15) is 9.90 Å². The second-order valence-electron chi connectivity index (χ2n) is 6.62. The molecule has 3 aromatic rings. The molecule has 0 saturated carbocycles. The Morgan fingerprint density at radius 1 is 1.15 bits per heavy atom. The molecule has 0 amide bonds. The summed E-state index contributed by atoms with van der Waals surface area (Å²) >= 11 is 3.54. The van der Waals surface area contributed by atoms with E-state index in [4.69, 9.17) is 4.98 Å². The number of halogens is 1. The van der Waals surface area contributed by atoms with Crippen LogP contribution in [-0.4, -0.2) is 33.5 Å². The lowest BCUT2D eigenvalue weighted by atomic mass is 9.99. The number of rotatable bonds is 4. The van der Waals surface area contributed by atoms with Crippen molar-refractivity contribution >= 4 is 32.8 Å². The molecule has 0 radical (unpaired) electrons. The summed E-state index contributed by atoms with van der Waals surface area (Å²) in [6.45, 7) is 0.753. The molecule has 4 nitrogen and oxygen atoms in total. The third-order valence-electron chi connectivity index (χ3n) is 4.98. The van der Waals surface area contributed by atoms with Gasteiger partial charge in [-0.2, -0.15) is 0 Å². The summed E-state index contributed by atoms with van der Waals surface area (Å²) in [4.78, 5) is 18.7. The molecule has 1 saturated heterocycles. The number of hydrogen-bond donors (Lipinski definition) is 1. The Morgan fingerprint density at radius 3 is 2.81 bits per heavy atom. The number of pyridine rings is 1. The van der Waals surface area contributed by atoms with E-state index in [0.29, 0.717) is 6.42 Å². The molecule has 5 heteroatoms. The topological polar surface area (TPSA) is 53.4 Å². The zero-order valence-corrected chi connectivity index (χ0v) is 15.8. The molecular formula is C21H19BrN2O2. The summed E-state index contributed by atoms with van der Waals surface area (Å²) in [7, 11) is 0. The standard InChI is InChI=1S/C21H19BrN2O2/c22-16-7-3-6-15(13-16)20(24-12-4-9-19(24)21(25)26)18-11-10-14-5-1-2-8-17(14)23-18/h1-3,5-8,10-11,13,19-20H,4,9,12H2,(H,25,26). The molecular weight excluding hydrogens is 392 g/mol. The third-order valence-corrected chi connectivity index (χ3v) is 5.47. The zero-order valence-electron chi connectivity index (χ0n) is 14.2. The number of carboxylic acid groups (broad SMARTS) is 1. The van der Waals surface area contributed by atoms with Crippen LogP contribution >= 0.6 is 15.9 Å². The Hall–Kier alpha value is -2.24. The van der Waals surface area contributed by atoms with E-state index < -0.39 is 12.0 Å². The second-order valence-corrected chi connectivity index (χ2v) is 7.54. The minimum atomic E-state index is -0.761. The lowest BCUT2D eigenvalue weighted by molar-refractivity contribution is -0.142. The Bertz CT molecular complexity index is 959. The van der Waals surface area contributed by atoms with E-state index >= 15 is 0 Å². The van der Waals surface area contributed by atoms with Crippen LogP contribution in [0.4, 0.5) is 0 Å². The maximum absolute atomic E-state index is 11.8. The van der Waals surface area contributed by atoms with Crippen LogP contribution in [0.15, 0.2) is 65.1 Å². The van der Waals surface area contributed by atoms with Crippen molar-refractivity contribution in [2.24, 2.45) is 0 Å². The second kappa shape index (κ2) is 7.17. The minimum absolute atomic E-state index is 0.180. The van der Waals surface area contributed by atoms with Gasteiger partial charge in [-0.25, -0.2) is 0 Å². The molecule has 1 aliphatic heterocycles. The first kappa shape index (κ1) is 17.2. The van der Waals surface area contributed by atoms with Gasteiger partial charge >= 0.3 is 5.97 Å². The van der Waals surface area contributed by atoms with Crippen molar-refractivity contribution in [3.8, 4) is 0 Å². The molecule has 1 N–H and O–H groups in total. The van der Waals surface area contributed by atoms with Crippen LogP contribution in [0.1, 0.15) is 30.1 Å². The molecule has 2 aromatic carbocycles. The molecule has 0 spiro atoms. The van der Waals surface area contributed by atoms with Crippen LogP contribution in [0.2, 0.25) is 0 Å². The van der Waals surface area contributed by atoms with Gasteiger partial charge < -0.3 is 5.11 Å². The van der Waals surface area contributed by atoms with Crippen molar-refractivity contribution < 1.29 is 9.90 Å². The highest BCUT2D eigenvalue weighted by molar-refractivity contribution is 9.10. The quantitative estimate of drug-likeness (QED) is 0.680. The van der Waals surface area contributed by atoms with E-state index in [1.165, 1.54) is 0 Å². The summed E-state index contributed by atoms with van der Waals surface area (Å²) in [5.41, 5.74) is 2.86. The van der Waals surface area contributed by atoms with Gasteiger partial charge in [0.15, 0.2) is 0 Å². The first-order chi connectivity index (χ1) is 12.6. The van der Waals surface area contributed by atoms with Crippen LogP contribution in [0.5, 0.6) is 0 Å². The largest absolute Gasteiger partial charge is 0.480 e. The lowest BCUT2D eigenvalue weighted by Gasteiger charge is -2.31. The third kappa shape index (κ3) is 3.24. The molecule has 2 unspecified atom stereocenters. The molecule has 0 aliphatic carbocycles. The fourth-order valence-corrected chi connectivity index (χ4v) is 4.22. The lowest BCUT2D eigenvalue weighted by Crippen LogP contribution is -2.39. The van der Waals surface area contributed by atoms with Crippen molar-refractivity contribution in [1.82, 2.24) is 9.88 Å². The number of nitrogens with zero attached hydrogens (tertiary/aromatic N) is 2. The van der Waals surface area contributed by atoms with Crippen molar-refractivity contribution in [2.75, 3.05) is 6.54 Å². The van der Waals surface area contributed by atoms with Crippen molar-refractivity contribution in [2.45, 2.75) is 24.9 Å². The van der Waals surface area contributed by atoms with Gasteiger partial charge in [-0.1, -0.05) is 52.3 Å². The van der Waals surface area contributed by atoms with Crippen LogP contribution in [0, 0.1) is 0 Å². The summed E-state index contributed by atoms with van der Waals surface area (Å²) in [5, 5.41) is 10.8. The highest BCUT2D eigenvalue weighted by atomic mass is 79.9. The zero-order chi connectivity index (χ0) is 18.1. The summed E-state index contributed by atoms with van der Waals surface area (Å²) in [5.74, 6) is -0.761. The summed E-state index contributed by atoms with van der Waals surface area (Å²) in [6, 6.07) is 19.5. The number of fused-ring (bicyclic) bond motifs is 1. The Morgan fingerprint density at radius 2 is 2.00 bits per heavy atom. The molecule has 2 heterocycles. The fraction of sp³-hybridized carbons (Fsp3) is 0.238. The number of carboxylic acids is 1. The number of hydrogen-bond acceptors (Lipinski definition) is 3. The monoisotopic (exact) mass is 410 g/mol. The number of para-hydroxylation sites is 1. The van der Waals surface area contributed by atoms with Gasteiger partial charge in [0.25, 0.3) is 0 Å². The van der Waals surface area contributed by atoms with Crippen LogP contribution in [0.3, 0.4) is 0 Å². The van der Waals surface area contributed by atoms with Crippen molar-refractivity contribution in [3.63, 3.8) is 0 Å². The van der Waals surface area contributed by atoms with E-state index in [0.717, 1.165) is 39.6 Å². The number of aliphatic carboxylic acids is 1. The highest BCUT2D eigenvalue weighted by Gasteiger charge is 2.37. The first-order valence-electron chi connectivity index (χ1n) is 8.73. The van der Waals surface area contributed by atoms with Crippen molar-refractivity contribution in [1.29, 1.82) is 0 Å². The number of carbonyl (C=O) groups is 1. The molecule has 0 bridgehead atoms. The molecule has 26 heavy (non-hydrogen) atoms. The van der Waals surface area contributed by atoms with Crippen molar-refractivity contribution in [3.05, 3.63) is 76.4 Å². The molecule has 1 aliphatic rings. The average Bonchev–Trinajstić information content (AvgIpc) is 3.11. The van der Waals surface area contributed by atoms with Gasteiger partial charge in [-0.15, -0.1) is 0 Å². The van der Waals surface area contributed by atoms with Gasteiger partial charge in [-0.05, 0) is 42.7 Å². The Labute approximate surface area is 160 Å². The smallest absolute Gasteiger partial charge is 0.320 e. The van der Waals surface area contributed by atoms with Crippen LogP contribution in [0.25, 0.3) is 10.9 Å². The minimum Gasteiger partial charge on any atom is -0.480 e. The predicted molar refractivity (Wildman–Crippen MR) is 105 cm³/mol. The van der Waals surface area contributed by atoms with Gasteiger partial charge in [0.1, 0.15) is 6.04 Å². The molecule has 2 atom stereocenters. The van der Waals surface area contributed by atoms with Gasteiger partial charge in [-0.3, -0.25) is 14.7 Å². The maximum atomic E-state index is 11.8. The average molecular weight is 411 g/mol. The van der Waals surface area contributed by atoms with Gasteiger partial charge in [0, 0.05) is 16.4 Å². The molecule has 4 rings (SSSR count). The normalized spacial score (nSPS) is 18.9.